The molecule has 3 N–H and O–H groups in total. The molecule has 7 heteroatoms. The van der Waals surface area contributed by atoms with Gasteiger partial charge in [-0.15, -0.1) is 0 Å². The maximum Gasteiger partial charge on any atom is 0.232 e. The van der Waals surface area contributed by atoms with Gasteiger partial charge < -0.3 is 15.6 Å². The van der Waals surface area contributed by atoms with Crippen LogP contribution in [0, 0.1) is 5.41 Å². The molecule has 0 aliphatic carbocycles. The zero-order chi connectivity index (χ0) is 12.9. The molecule has 0 fully saturated rings. The van der Waals surface area contributed by atoms with Crippen molar-refractivity contribution in [1.29, 1.82) is 0 Å². The highest BCUT2D eigenvalue weighted by molar-refractivity contribution is 7.80. The van der Waals surface area contributed by atoms with Gasteiger partial charge in [-0.05, 0) is 13.3 Å². The number of nitrogens with two attached hydrogens (primary N) is 1. The van der Waals surface area contributed by atoms with Gasteiger partial charge in [-0.1, -0.05) is 24.3 Å². The van der Waals surface area contributed by atoms with E-state index in [4.69, 9.17) is 18.0 Å². The number of rotatable bonds is 6. The third-order valence-electron chi connectivity index (χ3n) is 2.79. The van der Waals surface area contributed by atoms with Crippen LogP contribution in [0.3, 0.4) is 0 Å². The third-order valence-corrected chi connectivity index (χ3v) is 3.24. The van der Waals surface area contributed by atoms with Gasteiger partial charge in [0.2, 0.25) is 12.3 Å². The summed E-state index contributed by atoms with van der Waals surface area (Å²) in [5.74, 6) is 0.384. The molecule has 1 aromatic rings. The van der Waals surface area contributed by atoms with Crippen LogP contribution in [0.15, 0.2) is 10.9 Å². The molecular weight excluding hydrogens is 240 g/mol. The Labute approximate surface area is 105 Å². The lowest BCUT2D eigenvalue weighted by atomic mass is 9.86. The fourth-order valence-electron chi connectivity index (χ4n) is 1.23. The Morgan fingerprint density at radius 2 is 2.41 bits per heavy atom. The quantitative estimate of drug-likeness (QED) is 0.717. The summed E-state index contributed by atoms with van der Waals surface area (Å²) < 4.78 is 4.58. The number of carbonyl (C=O) groups is 1. The van der Waals surface area contributed by atoms with Crippen LogP contribution in [-0.4, -0.2) is 27.6 Å². The van der Waals surface area contributed by atoms with E-state index in [0.29, 0.717) is 25.2 Å². The van der Waals surface area contributed by atoms with Crippen LogP contribution in [0.25, 0.3) is 0 Å². The zero-order valence-electron chi connectivity index (χ0n) is 9.90. The smallest absolute Gasteiger partial charge is 0.232 e. The molecule has 0 saturated carbocycles. The molecule has 0 aliphatic rings. The second-order valence-corrected chi connectivity index (χ2v) is 4.34. The molecule has 0 bridgehead atoms. The van der Waals surface area contributed by atoms with Crippen LogP contribution in [0.4, 0.5) is 0 Å². The standard InChI is InChI=1S/C10H16N4O2S/c1-3-10(2,8(11)17)9(15)12-5-4-7-13-6-16-14-7/h6H,3-5H2,1-2H3,(H2,11,17)(H,12,15). The van der Waals surface area contributed by atoms with Crippen molar-refractivity contribution in [2.45, 2.75) is 26.7 Å². The number of aromatic nitrogens is 2. The number of amides is 1. The van der Waals surface area contributed by atoms with E-state index in [0.717, 1.165) is 0 Å². The van der Waals surface area contributed by atoms with Gasteiger partial charge in [0.15, 0.2) is 5.82 Å². The number of hydrogen-bond acceptors (Lipinski definition) is 5. The SMILES string of the molecule is CCC(C)(C(=O)NCCc1ncon1)C(N)=S. The Balaban J connectivity index is 2.46. The van der Waals surface area contributed by atoms with E-state index < -0.39 is 5.41 Å². The average molecular weight is 256 g/mol. The minimum atomic E-state index is -0.799. The number of thiocarbonyl (C=S) groups is 1. The maximum atomic E-state index is 11.9. The van der Waals surface area contributed by atoms with Crippen molar-refractivity contribution in [3.05, 3.63) is 12.2 Å². The predicted octanol–water partition coefficient (Wildman–Crippen LogP) is 0.431. The first kappa shape index (κ1) is 13.6. The normalized spacial score (nSPS) is 14.0. The van der Waals surface area contributed by atoms with Gasteiger partial charge in [-0.25, -0.2) is 0 Å². The van der Waals surface area contributed by atoms with Crippen LogP contribution in [0.1, 0.15) is 26.1 Å². The Bertz CT molecular complexity index is 393. The summed E-state index contributed by atoms with van der Waals surface area (Å²) in [4.78, 5) is 16.0. The van der Waals surface area contributed by atoms with Crippen LogP contribution >= 0.6 is 12.2 Å². The fourth-order valence-corrected chi connectivity index (χ4v) is 1.47. The molecule has 94 valence electrons. The molecule has 1 unspecified atom stereocenters. The minimum Gasteiger partial charge on any atom is -0.392 e. The lowest BCUT2D eigenvalue weighted by molar-refractivity contribution is -0.126. The summed E-state index contributed by atoms with van der Waals surface area (Å²) in [6.45, 7) is 4.04. The Hall–Kier alpha value is -1.50. The van der Waals surface area contributed by atoms with E-state index in [9.17, 15) is 4.79 Å². The first-order valence-electron chi connectivity index (χ1n) is 5.34. The monoisotopic (exact) mass is 256 g/mol. The highest BCUT2D eigenvalue weighted by atomic mass is 32.1. The van der Waals surface area contributed by atoms with Crippen molar-refractivity contribution in [2.75, 3.05) is 6.54 Å². The van der Waals surface area contributed by atoms with Gasteiger partial charge >= 0.3 is 0 Å². The Morgan fingerprint density at radius 3 is 2.88 bits per heavy atom. The molecular formula is C10H16N4O2S. The number of nitrogens with zero attached hydrogens (tertiary/aromatic N) is 2. The molecule has 0 spiro atoms. The molecule has 6 nitrogen and oxygen atoms in total. The molecule has 1 atom stereocenters. The van der Waals surface area contributed by atoms with Gasteiger partial charge in [0.1, 0.15) is 0 Å². The topological polar surface area (TPSA) is 94.0 Å². The van der Waals surface area contributed by atoms with Crippen LogP contribution in [-0.2, 0) is 11.2 Å². The van der Waals surface area contributed by atoms with E-state index in [1.807, 2.05) is 6.92 Å². The third kappa shape index (κ3) is 3.23. The summed E-state index contributed by atoms with van der Waals surface area (Å²) in [7, 11) is 0. The summed E-state index contributed by atoms with van der Waals surface area (Å²) in [6, 6.07) is 0. The lowest BCUT2D eigenvalue weighted by Gasteiger charge is -2.25. The Kier molecular flexibility index (Phi) is 4.56. The lowest BCUT2D eigenvalue weighted by Crippen LogP contribution is -2.47. The van der Waals surface area contributed by atoms with Crippen LogP contribution in [0.2, 0.25) is 0 Å². The first-order valence-corrected chi connectivity index (χ1v) is 5.75. The highest BCUT2D eigenvalue weighted by Gasteiger charge is 2.34. The van der Waals surface area contributed by atoms with Crippen molar-refractivity contribution in [2.24, 2.45) is 11.1 Å². The summed E-state index contributed by atoms with van der Waals surface area (Å²) >= 11 is 4.91. The van der Waals surface area contributed by atoms with E-state index in [1.165, 1.54) is 6.39 Å². The van der Waals surface area contributed by atoms with Crippen LogP contribution < -0.4 is 11.1 Å². The average Bonchev–Trinajstić information content (AvgIpc) is 2.80. The molecule has 0 saturated heterocycles. The maximum absolute atomic E-state index is 11.9. The van der Waals surface area contributed by atoms with Crippen molar-refractivity contribution < 1.29 is 9.32 Å². The molecule has 1 heterocycles. The van der Waals surface area contributed by atoms with Gasteiger partial charge in [-0.3, -0.25) is 4.79 Å². The van der Waals surface area contributed by atoms with E-state index in [1.54, 1.807) is 6.92 Å². The molecule has 0 radical (unpaired) electrons. The Morgan fingerprint density at radius 1 is 1.71 bits per heavy atom. The van der Waals surface area contributed by atoms with Crippen molar-refractivity contribution in [3.8, 4) is 0 Å². The molecule has 0 aromatic carbocycles. The van der Waals surface area contributed by atoms with Crippen molar-refractivity contribution in [1.82, 2.24) is 15.5 Å². The molecule has 1 aromatic heterocycles. The predicted molar refractivity (Wildman–Crippen MR) is 66.2 cm³/mol. The molecule has 0 aliphatic heterocycles. The zero-order valence-corrected chi connectivity index (χ0v) is 10.7. The summed E-state index contributed by atoms with van der Waals surface area (Å²) in [5.41, 5.74) is 4.78. The number of carbonyl (C=O) groups excluding carboxylic acids is 1. The van der Waals surface area contributed by atoms with Gasteiger partial charge in [-0.2, -0.15) is 4.98 Å². The summed E-state index contributed by atoms with van der Waals surface area (Å²) in [6.07, 6.45) is 2.33. The molecule has 1 rings (SSSR count). The summed E-state index contributed by atoms with van der Waals surface area (Å²) in [5, 5.41) is 6.41. The van der Waals surface area contributed by atoms with Crippen LogP contribution in [0.5, 0.6) is 0 Å². The van der Waals surface area contributed by atoms with Gasteiger partial charge in [0.25, 0.3) is 0 Å². The van der Waals surface area contributed by atoms with Crippen molar-refractivity contribution in [3.63, 3.8) is 0 Å². The molecule has 17 heavy (non-hydrogen) atoms. The van der Waals surface area contributed by atoms with E-state index >= 15 is 0 Å². The van der Waals surface area contributed by atoms with E-state index in [2.05, 4.69) is 20.0 Å². The highest BCUT2D eigenvalue weighted by Crippen LogP contribution is 2.21. The van der Waals surface area contributed by atoms with Crippen molar-refractivity contribution >= 4 is 23.1 Å². The second-order valence-electron chi connectivity index (χ2n) is 3.90. The van der Waals surface area contributed by atoms with E-state index in [-0.39, 0.29) is 10.9 Å². The fraction of sp³-hybridized carbons (Fsp3) is 0.600. The molecule has 1 amide bonds. The first-order chi connectivity index (χ1) is 8.00. The largest absolute Gasteiger partial charge is 0.392 e. The number of nitrogens with one attached hydrogen (secondary N) is 1. The second kappa shape index (κ2) is 5.72. The van der Waals surface area contributed by atoms with Gasteiger partial charge in [0, 0.05) is 13.0 Å². The number of hydrogen-bond donors (Lipinski definition) is 2. The van der Waals surface area contributed by atoms with Gasteiger partial charge in [0.05, 0.1) is 10.4 Å². The minimum absolute atomic E-state index is 0.170.